The van der Waals surface area contributed by atoms with Crippen molar-refractivity contribution in [1.29, 1.82) is 0 Å². The smallest absolute Gasteiger partial charge is 0.317 e. The predicted octanol–water partition coefficient (Wildman–Crippen LogP) is 1.27. The number of ether oxygens (including phenoxy) is 1. The van der Waals surface area contributed by atoms with Crippen LogP contribution in [0.1, 0.15) is 13.8 Å². The number of nitrogens with one attached hydrogen (secondary N) is 1. The highest BCUT2D eigenvalue weighted by Gasteiger charge is 2.26. The largest absolute Gasteiger partial charge is 0.379 e. The first-order chi connectivity index (χ1) is 12.6. The Hall–Kier alpha value is -1.86. The number of hydrogen-bond acceptors (Lipinski definition) is 5. The Morgan fingerprint density at radius 3 is 2.50 bits per heavy atom. The molecule has 0 aromatic carbocycles. The molecule has 1 aromatic heterocycles. The van der Waals surface area contributed by atoms with Crippen LogP contribution in [0.3, 0.4) is 0 Å². The summed E-state index contributed by atoms with van der Waals surface area (Å²) in [6.45, 7) is 11.7. The van der Waals surface area contributed by atoms with Gasteiger partial charge >= 0.3 is 6.03 Å². The van der Waals surface area contributed by atoms with E-state index in [0.717, 1.165) is 58.3 Å². The van der Waals surface area contributed by atoms with Crippen LogP contribution in [0.4, 0.5) is 10.6 Å². The summed E-state index contributed by atoms with van der Waals surface area (Å²) < 4.78 is 5.45. The van der Waals surface area contributed by atoms with Gasteiger partial charge in [-0.25, -0.2) is 9.78 Å². The van der Waals surface area contributed by atoms with Gasteiger partial charge in [0.15, 0.2) is 0 Å². The molecule has 1 N–H and O–H groups in total. The van der Waals surface area contributed by atoms with E-state index in [1.807, 2.05) is 29.3 Å². The Balaban J connectivity index is 1.46. The van der Waals surface area contributed by atoms with E-state index in [0.29, 0.717) is 18.5 Å². The van der Waals surface area contributed by atoms with Gasteiger partial charge in [-0.3, -0.25) is 4.90 Å². The molecule has 7 heteroatoms. The molecule has 2 saturated heterocycles. The number of carbonyl (C=O) groups is 1. The molecule has 144 valence electrons. The molecular formula is C19H31N5O2. The van der Waals surface area contributed by atoms with Crippen LogP contribution in [0.2, 0.25) is 0 Å². The van der Waals surface area contributed by atoms with Gasteiger partial charge in [-0.15, -0.1) is 0 Å². The van der Waals surface area contributed by atoms with Crippen molar-refractivity contribution in [2.75, 3.05) is 63.9 Å². The zero-order valence-electron chi connectivity index (χ0n) is 15.9. The summed E-state index contributed by atoms with van der Waals surface area (Å²) in [5.41, 5.74) is 0. The SMILES string of the molecule is CC(C)C(CNC(=O)N1CCN(c2ccccn2)CC1)N1CCOCC1. The second-order valence-corrected chi connectivity index (χ2v) is 7.31. The van der Waals surface area contributed by atoms with E-state index < -0.39 is 0 Å². The minimum atomic E-state index is 0.0459. The van der Waals surface area contributed by atoms with Crippen LogP contribution in [-0.2, 0) is 4.74 Å². The first-order valence-corrected chi connectivity index (χ1v) is 9.65. The van der Waals surface area contributed by atoms with Crippen molar-refractivity contribution >= 4 is 11.8 Å². The summed E-state index contributed by atoms with van der Waals surface area (Å²) in [5.74, 6) is 1.48. The Morgan fingerprint density at radius 1 is 1.15 bits per heavy atom. The number of urea groups is 1. The molecule has 0 bridgehead atoms. The van der Waals surface area contributed by atoms with E-state index in [-0.39, 0.29) is 6.03 Å². The van der Waals surface area contributed by atoms with Crippen molar-refractivity contribution in [3.63, 3.8) is 0 Å². The van der Waals surface area contributed by atoms with Crippen LogP contribution in [0, 0.1) is 5.92 Å². The average Bonchev–Trinajstić information content (AvgIpc) is 2.69. The highest BCUT2D eigenvalue weighted by Crippen LogP contribution is 2.14. The molecule has 2 aliphatic rings. The van der Waals surface area contributed by atoms with E-state index >= 15 is 0 Å². The van der Waals surface area contributed by atoms with Crippen LogP contribution in [0.15, 0.2) is 24.4 Å². The maximum absolute atomic E-state index is 12.6. The number of nitrogens with zero attached hydrogens (tertiary/aromatic N) is 4. The minimum Gasteiger partial charge on any atom is -0.379 e. The lowest BCUT2D eigenvalue weighted by Crippen LogP contribution is -2.55. The number of piperazine rings is 1. The molecule has 1 unspecified atom stereocenters. The van der Waals surface area contributed by atoms with Crippen molar-refractivity contribution in [2.45, 2.75) is 19.9 Å². The molecule has 26 heavy (non-hydrogen) atoms. The minimum absolute atomic E-state index is 0.0459. The highest BCUT2D eigenvalue weighted by molar-refractivity contribution is 5.74. The molecule has 0 aliphatic carbocycles. The van der Waals surface area contributed by atoms with Crippen molar-refractivity contribution in [2.24, 2.45) is 5.92 Å². The topological polar surface area (TPSA) is 60.9 Å². The second-order valence-electron chi connectivity index (χ2n) is 7.31. The van der Waals surface area contributed by atoms with Crippen LogP contribution < -0.4 is 10.2 Å². The molecule has 7 nitrogen and oxygen atoms in total. The Labute approximate surface area is 156 Å². The number of amides is 2. The fourth-order valence-electron chi connectivity index (χ4n) is 3.68. The number of rotatable bonds is 5. The Kier molecular flexibility index (Phi) is 6.68. The molecule has 1 aromatic rings. The number of hydrogen-bond donors (Lipinski definition) is 1. The number of anilines is 1. The monoisotopic (exact) mass is 361 g/mol. The van der Waals surface area contributed by atoms with Gasteiger partial charge in [0.25, 0.3) is 0 Å². The lowest BCUT2D eigenvalue weighted by molar-refractivity contribution is 0.00693. The van der Waals surface area contributed by atoms with Crippen molar-refractivity contribution in [3.8, 4) is 0 Å². The lowest BCUT2D eigenvalue weighted by Gasteiger charge is -2.38. The van der Waals surface area contributed by atoms with Crippen LogP contribution in [0.5, 0.6) is 0 Å². The zero-order valence-corrected chi connectivity index (χ0v) is 15.9. The predicted molar refractivity (Wildman–Crippen MR) is 102 cm³/mol. The van der Waals surface area contributed by atoms with E-state index in [4.69, 9.17) is 4.74 Å². The molecule has 1 atom stereocenters. The van der Waals surface area contributed by atoms with Gasteiger partial charge in [0.2, 0.25) is 0 Å². The molecule has 0 spiro atoms. The van der Waals surface area contributed by atoms with Gasteiger partial charge in [0, 0.05) is 58.1 Å². The first-order valence-electron chi connectivity index (χ1n) is 9.65. The van der Waals surface area contributed by atoms with E-state index in [1.165, 1.54) is 0 Å². The van der Waals surface area contributed by atoms with E-state index in [1.54, 1.807) is 0 Å². The van der Waals surface area contributed by atoms with Gasteiger partial charge in [0.05, 0.1) is 13.2 Å². The molecule has 2 aliphatic heterocycles. The fraction of sp³-hybridized carbons (Fsp3) is 0.684. The zero-order chi connectivity index (χ0) is 18.4. The molecule has 0 radical (unpaired) electrons. The van der Waals surface area contributed by atoms with E-state index in [2.05, 4.69) is 33.9 Å². The van der Waals surface area contributed by atoms with Crippen LogP contribution in [-0.4, -0.2) is 85.9 Å². The van der Waals surface area contributed by atoms with Gasteiger partial charge in [-0.1, -0.05) is 19.9 Å². The van der Waals surface area contributed by atoms with Crippen molar-refractivity contribution in [3.05, 3.63) is 24.4 Å². The number of aromatic nitrogens is 1. The van der Waals surface area contributed by atoms with Crippen molar-refractivity contribution in [1.82, 2.24) is 20.1 Å². The second kappa shape index (κ2) is 9.19. The van der Waals surface area contributed by atoms with Crippen LogP contribution in [0.25, 0.3) is 0 Å². The van der Waals surface area contributed by atoms with Crippen LogP contribution >= 0.6 is 0 Å². The average molecular weight is 361 g/mol. The summed E-state index contributed by atoms with van der Waals surface area (Å²) in [5, 5.41) is 3.16. The molecule has 2 fully saturated rings. The Morgan fingerprint density at radius 2 is 1.88 bits per heavy atom. The third kappa shape index (κ3) is 4.86. The van der Waals surface area contributed by atoms with Gasteiger partial charge in [0.1, 0.15) is 5.82 Å². The summed E-state index contributed by atoms with van der Waals surface area (Å²) >= 11 is 0. The Bertz CT molecular complexity index is 554. The third-order valence-corrected chi connectivity index (χ3v) is 5.29. The maximum Gasteiger partial charge on any atom is 0.317 e. The van der Waals surface area contributed by atoms with Gasteiger partial charge in [-0.05, 0) is 18.1 Å². The summed E-state index contributed by atoms with van der Waals surface area (Å²) in [6.07, 6.45) is 1.81. The maximum atomic E-state index is 12.6. The quantitative estimate of drug-likeness (QED) is 0.856. The fourth-order valence-corrected chi connectivity index (χ4v) is 3.68. The molecular weight excluding hydrogens is 330 g/mol. The number of carbonyl (C=O) groups excluding carboxylic acids is 1. The first kappa shape index (κ1) is 18.9. The number of morpholine rings is 1. The molecule has 3 rings (SSSR count). The summed E-state index contributed by atoms with van der Waals surface area (Å²) in [6, 6.07) is 6.35. The van der Waals surface area contributed by atoms with Crippen molar-refractivity contribution < 1.29 is 9.53 Å². The molecule has 0 saturated carbocycles. The van der Waals surface area contributed by atoms with E-state index in [9.17, 15) is 4.79 Å². The normalized spacial score (nSPS) is 20.3. The lowest BCUT2D eigenvalue weighted by atomic mass is 10.0. The van der Waals surface area contributed by atoms with Gasteiger partial charge < -0.3 is 19.9 Å². The molecule has 2 amide bonds. The van der Waals surface area contributed by atoms with Gasteiger partial charge in [-0.2, -0.15) is 0 Å². The number of pyridine rings is 1. The highest BCUT2D eigenvalue weighted by atomic mass is 16.5. The summed E-state index contributed by atoms with van der Waals surface area (Å²) in [7, 11) is 0. The molecule has 3 heterocycles. The standard InChI is InChI=1S/C19H31N5O2/c1-16(2)17(22-11-13-26-14-12-22)15-21-19(25)24-9-7-23(8-10-24)18-5-3-4-6-20-18/h3-6,16-17H,7-15H2,1-2H3,(H,21,25). The third-order valence-electron chi connectivity index (χ3n) is 5.29. The summed E-state index contributed by atoms with van der Waals surface area (Å²) in [4.78, 5) is 23.6.